The van der Waals surface area contributed by atoms with E-state index in [4.69, 9.17) is 4.74 Å². The van der Waals surface area contributed by atoms with Crippen molar-refractivity contribution in [2.75, 3.05) is 0 Å². The van der Waals surface area contributed by atoms with Gasteiger partial charge in [0.2, 0.25) is 0 Å². The van der Waals surface area contributed by atoms with E-state index < -0.39 is 6.10 Å². The monoisotopic (exact) mass is 331 g/mol. The second-order valence-corrected chi connectivity index (χ2v) is 6.84. The number of rotatable bonds is 7. The van der Waals surface area contributed by atoms with Crippen molar-refractivity contribution in [2.45, 2.75) is 70.9 Å². The van der Waals surface area contributed by atoms with E-state index in [-0.39, 0.29) is 29.8 Å². The number of benzene rings is 1. The SMILES string of the molecule is CC[C@H](C)[C@@H](C(=O)O[C@H](C)C(=O)NC1CCCC1)c1ccccc1. The number of hydrogen-bond donors (Lipinski definition) is 1. The Hall–Kier alpha value is -1.84. The lowest BCUT2D eigenvalue weighted by atomic mass is 9.85. The predicted molar refractivity (Wildman–Crippen MR) is 94.6 cm³/mol. The molecule has 4 heteroatoms. The molecule has 132 valence electrons. The Morgan fingerprint density at radius 2 is 1.79 bits per heavy atom. The molecular weight excluding hydrogens is 302 g/mol. The van der Waals surface area contributed by atoms with Gasteiger partial charge < -0.3 is 10.1 Å². The van der Waals surface area contributed by atoms with Crippen LogP contribution in [0.2, 0.25) is 0 Å². The summed E-state index contributed by atoms with van der Waals surface area (Å²) in [4.78, 5) is 24.9. The van der Waals surface area contributed by atoms with Crippen LogP contribution in [0.3, 0.4) is 0 Å². The van der Waals surface area contributed by atoms with E-state index >= 15 is 0 Å². The van der Waals surface area contributed by atoms with Crippen LogP contribution in [0.5, 0.6) is 0 Å². The van der Waals surface area contributed by atoms with Gasteiger partial charge in [0.05, 0.1) is 5.92 Å². The average Bonchev–Trinajstić information content (AvgIpc) is 3.08. The van der Waals surface area contributed by atoms with Gasteiger partial charge in [0, 0.05) is 6.04 Å². The van der Waals surface area contributed by atoms with Gasteiger partial charge in [0.25, 0.3) is 5.91 Å². The summed E-state index contributed by atoms with van der Waals surface area (Å²) in [5.74, 6) is -0.682. The van der Waals surface area contributed by atoms with Crippen molar-refractivity contribution in [1.82, 2.24) is 5.32 Å². The second-order valence-electron chi connectivity index (χ2n) is 6.84. The Labute approximate surface area is 145 Å². The van der Waals surface area contributed by atoms with Gasteiger partial charge in [-0.3, -0.25) is 9.59 Å². The Balaban J connectivity index is 1.99. The summed E-state index contributed by atoms with van der Waals surface area (Å²) in [6, 6.07) is 9.91. The minimum absolute atomic E-state index is 0.157. The normalized spacial score (nSPS) is 18.6. The summed E-state index contributed by atoms with van der Waals surface area (Å²) in [7, 11) is 0. The first-order chi connectivity index (χ1) is 11.5. The van der Waals surface area contributed by atoms with E-state index in [1.54, 1.807) is 6.92 Å². The molecule has 0 heterocycles. The van der Waals surface area contributed by atoms with Crippen LogP contribution in [0, 0.1) is 5.92 Å². The highest BCUT2D eigenvalue weighted by Crippen LogP contribution is 2.28. The summed E-state index contributed by atoms with van der Waals surface area (Å²) in [5.41, 5.74) is 0.945. The third-order valence-corrected chi connectivity index (χ3v) is 4.99. The fourth-order valence-corrected chi connectivity index (χ4v) is 3.28. The van der Waals surface area contributed by atoms with Crippen molar-refractivity contribution in [3.8, 4) is 0 Å². The van der Waals surface area contributed by atoms with E-state index in [2.05, 4.69) is 12.2 Å². The second kappa shape index (κ2) is 8.86. The smallest absolute Gasteiger partial charge is 0.314 e. The van der Waals surface area contributed by atoms with Gasteiger partial charge in [0.15, 0.2) is 6.10 Å². The number of hydrogen-bond acceptors (Lipinski definition) is 3. The molecule has 0 aliphatic heterocycles. The van der Waals surface area contributed by atoms with Gasteiger partial charge >= 0.3 is 5.97 Å². The number of carbonyl (C=O) groups excluding carboxylic acids is 2. The fourth-order valence-electron chi connectivity index (χ4n) is 3.28. The average molecular weight is 331 g/mol. The molecule has 1 aromatic carbocycles. The molecule has 0 bridgehead atoms. The number of nitrogens with one attached hydrogen (secondary N) is 1. The largest absolute Gasteiger partial charge is 0.452 e. The van der Waals surface area contributed by atoms with Gasteiger partial charge in [-0.25, -0.2) is 0 Å². The van der Waals surface area contributed by atoms with Gasteiger partial charge in [0.1, 0.15) is 0 Å². The molecule has 1 saturated carbocycles. The molecule has 4 nitrogen and oxygen atoms in total. The third kappa shape index (κ3) is 4.83. The summed E-state index contributed by atoms with van der Waals surface area (Å²) in [6.07, 6.45) is 4.47. The summed E-state index contributed by atoms with van der Waals surface area (Å²) < 4.78 is 5.51. The lowest BCUT2D eigenvalue weighted by molar-refractivity contribution is -0.157. The highest BCUT2D eigenvalue weighted by atomic mass is 16.5. The number of ether oxygens (including phenoxy) is 1. The standard InChI is InChI=1S/C20H29NO3/c1-4-14(2)18(16-10-6-5-7-11-16)20(23)24-15(3)19(22)21-17-12-8-9-13-17/h5-7,10-11,14-15,17-18H,4,8-9,12-13H2,1-3H3,(H,21,22)/t14-,15+,18+/m0/s1. The number of amides is 1. The van der Waals surface area contributed by atoms with Crippen LogP contribution in [-0.2, 0) is 14.3 Å². The zero-order valence-corrected chi connectivity index (χ0v) is 15.0. The molecule has 1 aliphatic rings. The topological polar surface area (TPSA) is 55.4 Å². The molecule has 1 aromatic rings. The summed E-state index contributed by atoms with van der Waals surface area (Å²) >= 11 is 0. The Bertz CT molecular complexity index is 537. The zero-order chi connectivity index (χ0) is 17.5. The Kier molecular flexibility index (Phi) is 6.83. The molecule has 24 heavy (non-hydrogen) atoms. The Morgan fingerprint density at radius 1 is 1.17 bits per heavy atom. The molecule has 1 N–H and O–H groups in total. The van der Waals surface area contributed by atoms with E-state index in [1.165, 1.54) is 0 Å². The first-order valence-corrected chi connectivity index (χ1v) is 9.08. The maximum absolute atomic E-state index is 12.7. The van der Waals surface area contributed by atoms with Crippen molar-refractivity contribution in [3.05, 3.63) is 35.9 Å². The highest BCUT2D eigenvalue weighted by molar-refractivity contribution is 5.85. The summed E-state index contributed by atoms with van der Waals surface area (Å²) in [6.45, 7) is 5.76. The molecule has 1 fully saturated rings. The van der Waals surface area contributed by atoms with E-state index in [0.29, 0.717) is 0 Å². The molecule has 0 radical (unpaired) electrons. The molecule has 2 rings (SSSR count). The van der Waals surface area contributed by atoms with Gasteiger partial charge in [-0.05, 0) is 31.2 Å². The van der Waals surface area contributed by atoms with Crippen molar-refractivity contribution >= 4 is 11.9 Å². The Morgan fingerprint density at radius 3 is 2.38 bits per heavy atom. The third-order valence-electron chi connectivity index (χ3n) is 4.99. The summed E-state index contributed by atoms with van der Waals surface area (Å²) in [5, 5.41) is 2.99. The van der Waals surface area contributed by atoms with Crippen LogP contribution in [0.25, 0.3) is 0 Å². The first-order valence-electron chi connectivity index (χ1n) is 9.08. The van der Waals surface area contributed by atoms with Crippen LogP contribution < -0.4 is 5.32 Å². The van der Waals surface area contributed by atoms with Gasteiger partial charge in [-0.15, -0.1) is 0 Å². The lowest BCUT2D eigenvalue weighted by Gasteiger charge is -2.24. The van der Waals surface area contributed by atoms with Gasteiger partial charge in [-0.1, -0.05) is 63.4 Å². The molecule has 1 amide bonds. The van der Waals surface area contributed by atoms with E-state index in [0.717, 1.165) is 37.7 Å². The number of esters is 1. The molecular formula is C20H29NO3. The van der Waals surface area contributed by atoms with Gasteiger partial charge in [-0.2, -0.15) is 0 Å². The number of carbonyl (C=O) groups is 2. The van der Waals surface area contributed by atoms with E-state index in [1.807, 2.05) is 37.3 Å². The van der Waals surface area contributed by atoms with Crippen molar-refractivity contribution in [2.24, 2.45) is 5.92 Å². The predicted octanol–water partition coefficient (Wildman–Crippen LogP) is 3.81. The molecule has 0 aromatic heterocycles. The van der Waals surface area contributed by atoms with E-state index in [9.17, 15) is 9.59 Å². The first kappa shape index (κ1) is 18.5. The van der Waals surface area contributed by atoms with Crippen LogP contribution in [0.15, 0.2) is 30.3 Å². The van der Waals surface area contributed by atoms with Crippen LogP contribution in [-0.4, -0.2) is 24.0 Å². The minimum Gasteiger partial charge on any atom is -0.452 e. The molecule has 3 atom stereocenters. The maximum Gasteiger partial charge on any atom is 0.314 e. The molecule has 0 spiro atoms. The molecule has 1 aliphatic carbocycles. The highest BCUT2D eigenvalue weighted by Gasteiger charge is 2.30. The van der Waals surface area contributed by atoms with Crippen molar-refractivity contribution in [1.29, 1.82) is 0 Å². The van der Waals surface area contributed by atoms with Crippen molar-refractivity contribution in [3.63, 3.8) is 0 Å². The quantitative estimate of drug-likeness (QED) is 0.773. The van der Waals surface area contributed by atoms with Crippen molar-refractivity contribution < 1.29 is 14.3 Å². The molecule has 0 unspecified atom stereocenters. The van der Waals surface area contributed by atoms with Crippen LogP contribution >= 0.6 is 0 Å². The van der Waals surface area contributed by atoms with Crippen LogP contribution in [0.1, 0.15) is 64.4 Å². The molecule has 0 saturated heterocycles. The maximum atomic E-state index is 12.7. The fraction of sp³-hybridized carbons (Fsp3) is 0.600. The lowest BCUT2D eigenvalue weighted by Crippen LogP contribution is -2.41. The minimum atomic E-state index is -0.756. The van der Waals surface area contributed by atoms with Crippen LogP contribution in [0.4, 0.5) is 0 Å². The zero-order valence-electron chi connectivity index (χ0n) is 15.0.